The van der Waals surface area contributed by atoms with Crippen molar-refractivity contribution in [1.29, 1.82) is 0 Å². The van der Waals surface area contributed by atoms with Crippen molar-refractivity contribution in [2.24, 2.45) is 0 Å². The van der Waals surface area contributed by atoms with Gasteiger partial charge in [0.15, 0.2) is 5.78 Å². The Hall–Kier alpha value is -2.86. The summed E-state index contributed by atoms with van der Waals surface area (Å²) >= 11 is 5.76. The molecule has 0 N–H and O–H groups in total. The molecule has 0 radical (unpaired) electrons. The zero-order valence-corrected chi connectivity index (χ0v) is 17.6. The zero-order chi connectivity index (χ0) is 22.1. The summed E-state index contributed by atoms with van der Waals surface area (Å²) in [6, 6.07) is 9.21. The van der Waals surface area contributed by atoms with E-state index in [0.29, 0.717) is 43.4 Å². The number of carbonyl (C=O) groups is 4. The van der Waals surface area contributed by atoms with Gasteiger partial charge in [-0.2, -0.15) is 0 Å². The predicted octanol–water partition coefficient (Wildman–Crippen LogP) is 3.87. The van der Waals surface area contributed by atoms with E-state index in [4.69, 9.17) is 11.6 Å². The number of halogens is 2. The van der Waals surface area contributed by atoms with Gasteiger partial charge in [0.2, 0.25) is 0 Å². The lowest BCUT2D eigenvalue weighted by Crippen LogP contribution is -2.44. The summed E-state index contributed by atoms with van der Waals surface area (Å²) in [5, 5.41) is -0.000966. The van der Waals surface area contributed by atoms with Gasteiger partial charge < -0.3 is 4.90 Å². The highest BCUT2D eigenvalue weighted by Gasteiger charge is 2.38. The van der Waals surface area contributed by atoms with Gasteiger partial charge in [-0.05, 0) is 47.7 Å². The molecule has 31 heavy (non-hydrogen) atoms. The Morgan fingerprint density at radius 1 is 1.10 bits per heavy atom. The Labute approximate surface area is 184 Å². The number of aryl methyl sites for hydroxylation is 1. The van der Waals surface area contributed by atoms with Gasteiger partial charge in [0, 0.05) is 31.4 Å². The van der Waals surface area contributed by atoms with Crippen molar-refractivity contribution in [1.82, 2.24) is 4.90 Å². The molecule has 2 aliphatic rings. The van der Waals surface area contributed by atoms with Crippen LogP contribution in [0.5, 0.6) is 0 Å². The van der Waals surface area contributed by atoms with Crippen LogP contribution in [0.3, 0.4) is 0 Å². The number of hydrogen-bond acceptors (Lipinski definition) is 4. The number of amides is 1. The first kappa shape index (κ1) is 21.4. The van der Waals surface area contributed by atoms with Crippen LogP contribution in [0.2, 0.25) is 5.02 Å². The normalized spacial score (nSPS) is 18.5. The first-order valence-corrected chi connectivity index (χ1v) is 10.6. The third-order valence-corrected chi connectivity index (χ3v) is 6.18. The molecular weight excluding hydrogens is 421 g/mol. The number of carbonyl (C=O) groups excluding carboxylic acids is 4. The third-order valence-electron chi connectivity index (χ3n) is 5.90. The number of ketones is 3. The monoisotopic (exact) mass is 441 g/mol. The van der Waals surface area contributed by atoms with Crippen molar-refractivity contribution in [3.8, 4) is 0 Å². The van der Waals surface area contributed by atoms with Crippen molar-refractivity contribution >= 4 is 34.9 Å². The SMILES string of the molecule is O=C1CCC(N2Cc3cc(CCC(=O)Cc4ccc(F)c(Cl)c4)ccc3C2=O)C(=O)C1. The number of hydrogen-bond donors (Lipinski definition) is 0. The number of Topliss-reactive ketones (excluding diaryl/α,β-unsaturated/α-hetero) is 3. The van der Waals surface area contributed by atoms with Crippen molar-refractivity contribution in [3.05, 3.63) is 69.5 Å². The van der Waals surface area contributed by atoms with Gasteiger partial charge in [0.05, 0.1) is 17.5 Å². The lowest BCUT2D eigenvalue weighted by atomic mass is 9.92. The number of nitrogens with zero attached hydrogens (tertiary/aromatic N) is 1. The van der Waals surface area contributed by atoms with E-state index in [9.17, 15) is 23.6 Å². The molecule has 1 saturated carbocycles. The van der Waals surface area contributed by atoms with Gasteiger partial charge in [0.1, 0.15) is 17.4 Å². The van der Waals surface area contributed by atoms with Crippen molar-refractivity contribution < 1.29 is 23.6 Å². The molecule has 0 saturated heterocycles. The Morgan fingerprint density at radius 2 is 1.87 bits per heavy atom. The Bertz CT molecular complexity index is 1100. The van der Waals surface area contributed by atoms with Gasteiger partial charge >= 0.3 is 0 Å². The summed E-state index contributed by atoms with van der Waals surface area (Å²) in [6.45, 7) is 0.342. The van der Waals surface area contributed by atoms with Gasteiger partial charge in [-0.15, -0.1) is 0 Å². The molecule has 1 fully saturated rings. The summed E-state index contributed by atoms with van der Waals surface area (Å²) in [5.74, 6) is -0.942. The first-order chi connectivity index (χ1) is 14.8. The molecule has 0 bridgehead atoms. The third kappa shape index (κ3) is 4.59. The molecule has 1 atom stereocenters. The second-order valence-corrected chi connectivity index (χ2v) is 8.53. The molecular formula is C24H21ClFNO4. The summed E-state index contributed by atoms with van der Waals surface area (Å²) in [4.78, 5) is 50.4. The fourth-order valence-corrected chi connectivity index (χ4v) is 4.45. The summed E-state index contributed by atoms with van der Waals surface area (Å²) in [5.41, 5.74) is 3.01. The summed E-state index contributed by atoms with van der Waals surface area (Å²) < 4.78 is 13.2. The fraction of sp³-hybridized carbons (Fsp3) is 0.333. The van der Waals surface area contributed by atoms with Crippen LogP contribution in [0.25, 0.3) is 0 Å². The molecule has 1 heterocycles. The fourth-order valence-electron chi connectivity index (χ4n) is 4.24. The van der Waals surface area contributed by atoms with Crippen molar-refractivity contribution in [2.45, 2.75) is 51.1 Å². The molecule has 160 valence electrons. The molecule has 7 heteroatoms. The second kappa shape index (κ2) is 8.71. The standard InChI is InChI=1S/C24H21ClFNO4/c25-20-11-15(3-7-21(20)26)10-17(28)4-1-14-2-6-19-16(9-14)13-27(24(19)31)22-8-5-18(29)12-23(22)30/h2-3,6-7,9,11,22H,1,4-5,8,10,12-13H2. The average Bonchev–Trinajstić information content (AvgIpc) is 3.05. The van der Waals surface area contributed by atoms with Crippen LogP contribution >= 0.6 is 11.6 Å². The van der Waals surface area contributed by atoms with Crippen LogP contribution in [-0.2, 0) is 33.8 Å². The van der Waals surface area contributed by atoms with Crippen LogP contribution in [0.4, 0.5) is 4.39 Å². The number of rotatable bonds is 6. The quantitative estimate of drug-likeness (QED) is 0.638. The maximum Gasteiger partial charge on any atom is 0.255 e. The minimum Gasteiger partial charge on any atom is -0.324 e. The lowest BCUT2D eigenvalue weighted by Gasteiger charge is -2.29. The maximum absolute atomic E-state index is 13.2. The summed E-state index contributed by atoms with van der Waals surface area (Å²) in [6.07, 6.45) is 1.62. The van der Waals surface area contributed by atoms with Crippen LogP contribution < -0.4 is 0 Å². The van der Waals surface area contributed by atoms with Crippen molar-refractivity contribution in [2.75, 3.05) is 0 Å². The molecule has 0 aromatic heterocycles. The highest BCUT2D eigenvalue weighted by molar-refractivity contribution is 6.30. The van der Waals surface area contributed by atoms with Crippen LogP contribution in [0, 0.1) is 5.82 Å². The van der Waals surface area contributed by atoms with Gasteiger partial charge in [-0.1, -0.05) is 29.8 Å². The second-order valence-electron chi connectivity index (χ2n) is 8.12. The van der Waals surface area contributed by atoms with E-state index in [1.807, 2.05) is 12.1 Å². The Balaban J connectivity index is 1.38. The molecule has 2 aromatic carbocycles. The van der Waals surface area contributed by atoms with E-state index >= 15 is 0 Å². The number of fused-ring (bicyclic) bond motifs is 1. The van der Waals surface area contributed by atoms with Crippen LogP contribution in [-0.4, -0.2) is 34.2 Å². The highest BCUT2D eigenvalue weighted by Crippen LogP contribution is 2.30. The minimum absolute atomic E-state index is 0.000966. The Morgan fingerprint density at radius 3 is 2.61 bits per heavy atom. The molecule has 1 unspecified atom stereocenters. The van der Waals surface area contributed by atoms with E-state index in [0.717, 1.165) is 11.1 Å². The van der Waals surface area contributed by atoms with Crippen molar-refractivity contribution in [3.63, 3.8) is 0 Å². The van der Waals surface area contributed by atoms with E-state index in [1.54, 1.807) is 17.0 Å². The predicted molar refractivity (Wildman–Crippen MR) is 112 cm³/mol. The summed E-state index contributed by atoms with van der Waals surface area (Å²) in [7, 11) is 0. The van der Waals surface area contributed by atoms with E-state index in [1.165, 1.54) is 12.1 Å². The first-order valence-electron chi connectivity index (χ1n) is 10.2. The molecule has 1 aliphatic carbocycles. The van der Waals surface area contributed by atoms with Crippen LogP contribution in [0.1, 0.15) is 52.7 Å². The topological polar surface area (TPSA) is 71.5 Å². The highest BCUT2D eigenvalue weighted by atomic mass is 35.5. The van der Waals surface area contributed by atoms with E-state index in [2.05, 4.69) is 0 Å². The molecule has 1 amide bonds. The van der Waals surface area contributed by atoms with E-state index < -0.39 is 11.9 Å². The Kier molecular flexibility index (Phi) is 6.01. The van der Waals surface area contributed by atoms with E-state index in [-0.39, 0.29) is 41.1 Å². The largest absolute Gasteiger partial charge is 0.324 e. The smallest absolute Gasteiger partial charge is 0.255 e. The zero-order valence-electron chi connectivity index (χ0n) is 16.8. The molecule has 0 spiro atoms. The molecule has 1 aliphatic heterocycles. The molecule has 2 aromatic rings. The molecule has 4 rings (SSSR count). The average molecular weight is 442 g/mol. The van der Waals surface area contributed by atoms with Gasteiger partial charge in [-0.3, -0.25) is 19.2 Å². The number of benzene rings is 2. The maximum atomic E-state index is 13.2. The van der Waals surface area contributed by atoms with Crippen LogP contribution in [0.15, 0.2) is 36.4 Å². The van der Waals surface area contributed by atoms with Gasteiger partial charge in [0.25, 0.3) is 5.91 Å². The van der Waals surface area contributed by atoms with Gasteiger partial charge in [-0.25, -0.2) is 4.39 Å². The minimum atomic E-state index is -0.537. The molecule has 5 nitrogen and oxygen atoms in total. The lowest BCUT2D eigenvalue weighted by molar-refractivity contribution is -0.133.